The first-order chi connectivity index (χ1) is 11.3. The van der Waals surface area contributed by atoms with Crippen molar-refractivity contribution in [2.24, 2.45) is 0 Å². The molecular formula is C20H22O3. The second kappa shape index (κ2) is 9.46. The molecule has 0 radical (unpaired) electrons. The summed E-state index contributed by atoms with van der Waals surface area (Å²) in [5.74, 6) is 0.499. The molecule has 3 nitrogen and oxygen atoms in total. The van der Waals surface area contributed by atoms with Crippen LogP contribution in [0.4, 0.5) is 0 Å². The van der Waals surface area contributed by atoms with Crippen LogP contribution in [0.2, 0.25) is 0 Å². The highest BCUT2D eigenvalue weighted by Crippen LogP contribution is 2.15. The Labute approximate surface area is 137 Å². The summed E-state index contributed by atoms with van der Waals surface area (Å²) >= 11 is 0. The largest absolute Gasteiger partial charge is 0.489 e. The van der Waals surface area contributed by atoms with E-state index in [1.807, 2.05) is 54.6 Å². The van der Waals surface area contributed by atoms with Gasteiger partial charge in [-0.2, -0.15) is 0 Å². The van der Waals surface area contributed by atoms with Gasteiger partial charge in [0.1, 0.15) is 12.4 Å². The van der Waals surface area contributed by atoms with Gasteiger partial charge in [0.2, 0.25) is 0 Å². The summed E-state index contributed by atoms with van der Waals surface area (Å²) in [5.41, 5.74) is 2.07. The molecule has 0 aliphatic rings. The smallest absolute Gasteiger partial charge is 0.330 e. The molecule has 23 heavy (non-hydrogen) atoms. The van der Waals surface area contributed by atoms with E-state index in [2.05, 4.69) is 6.92 Å². The lowest BCUT2D eigenvalue weighted by Gasteiger charge is -2.06. The maximum absolute atomic E-state index is 11.5. The summed E-state index contributed by atoms with van der Waals surface area (Å²) in [7, 11) is 0. The van der Waals surface area contributed by atoms with Crippen molar-refractivity contribution in [3.8, 4) is 5.75 Å². The van der Waals surface area contributed by atoms with Crippen molar-refractivity contribution in [1.82, 2.24) is 0 Å². The van der Waals surface area contributed by atoms with Gasteiger partial charge in [-0.15, -0.1) is 0 Å². The van der Waals surface area contributed by atoms with E-state index in [-0.39, 0.29) is 5.97 Å². The van der Waals surface area contributed by atoms with E-state index in [0.717, 1.165) is 29.7 Å². The zero-order valence-corrected chi connectivity index (χ0v) is 13.4. The quantitative estimate of drug-likeness (QED) is 0.405. The Hall–Kier alpha value is -2.55. The van der Waals surface area contributed by atoms with Gasteiger partial charge < -0.3 is 9.47 Å². The average molecular weight is 310 g/mol. The van der Waals surface area contributed by atoms with Crippen molar-refractivity contribution in [2.45, 2.75) is 26.4 Å². The van der Waals surface area contributed by atoms with E-state index >= 15 is 0 Å². The third kappa shape index (κ3) is 6.39. The molecule has 0 spiro atoms. The monoisotopic (exact) mass is 310 g/mol. The minimum absolute atomic E-state index is 0.303. The lowest BCUT2D eigenvalue weighted by Crippen LogP contribution is -2.01. The Balaban J connectivity index is 1.81. The average Bonchev–Trinajstić information content (AvgIpc) is 2.60. The predicted molar refractivity (Wildman–Crippen MR) is 92.1 cm³/mol. The molecule has 0 fully saturated rings. The first-order valence-corrected chi connectivity index (χ1v) is 7.89. The van der Waals surface area contributed by atoms with Crippen LogP contribution in [0.15, 0.2) is 60.7 Å². The van der Waals surface area contributed by atoms with E-state index in [1.165, 1.54) is 6.08 Å². The minimum Gasteiger partial charge on any atom is -0.489 e. The van der Waals surface area contributed by atoms with Gasteiger partial charge in [0, 0.05) is 6.08 Å². The van der Waals surface area contributed by atoms with Crippen LogP contribution in [0, 0.1) is 0 Å². The summed E-state index contributed by atoms with van der Waals surface area (Å²) in [6, 6.07) is 17.6. The maximum atomic E-state index is 11.5. The lowest BCUT2D eigenvalue weighted by atomic mass is 10.2. The zero-order chi connectivity index (χ0) is 16.3. The second-order valence-electron chi connectivity index (χ2n) is 5.20. The van der Waals surface area contributed by atoms with Gasteiger partial charge in [0.15, 0.2) is 0 Å². The molecule has 0 amide bonds. The standard InChI is InChI=1S/C20H22O3/c1-2-3-15-22-20(21)14-11-17-9-12-19(13-10-17)23-16-18-7-5-4-6-8-18/h4-14H,2-3,15-16H2,1H3. The Kier molecular flexibility index (Phi) is 6.92. The molecule has 0 unspecified atom stereocenters. The number of carbonyl (C=O) groups excluding carboxylic acids is 1. The van der Waals surface area contributed by atoms with Crippen LogP contribution in [-0.4, -0.2) is 12.6 Å². The Bertz CT molecular complexity index is 615. The minimum atomic E-state index is -0.303. The highest BCUT2D eigenvalue weighted by Gasteiger charge is 1.98. The number of hydrogen-bond donors (Lipinski definition) is 0. The van der Waals surface area contributed by atoms with Gasteiger partial charge in [-0.05, 0) is 35.8 Å². The molecule has 120 valence electrons. The fourth-order valence-corrected chi connectivity index (χ4v) is 1.95. The fraction of sp³-hybridized carbons (Fsp3) is 0.250. The second-order valence-corrected chi connectivity index (χ2v) is 5.20. The maximum Gasteiger partial charge on any atom is 0.330 e. The number of unbranched alkanes of at least 4 members (excludes halogenated alkanes) is 1. The highest BCUT2D eigenvalue weighted by atomic mass is 16.5. The molecule has 0 saturated heterocycles. The molecule has 2 aromatic carbocycles. The molecule has 2 aromatic rings. The van der Waals surface area contributed by atoms with Crippen LogP contribution >= 0.6 is 0 Å². The summed E-state index contributed by atoms with van der Waals surface area (Å²) in [4.78, 5) is 11.5. The fourth-order valence-electron chi connectivity index (χ4n) is 1.95. The molecule has 0 saturated carbocycles. The third-order valence-electron chi connectivity index (χ3n) is 3.28. The first-order valence-electron chi connectivity index (χ1n) is 7.89. The third-order valence-corrected chi connectivity index (χ3v) is 3.28. The SMILES string of the molecule is CCCCOC(=O)C=Cc1ccc(OCc2ccccc2)cc1. The first kappa shape index (κ1) is 16.8. The van der Waals surface area contributed by atoms with Crippen LogP contribution in [-0.2, 0) is 16.1 Å². The Morgan fingerprint density at radius 1 is 1.04 bits per heavy atom. The molecule has 0 aromatic heterocycles. The number of esters is 1. The van der Waals surface area contributed by atoms with E-state index in [9.17, 15) is 4.79 Å². The lowest BCUT2D eigenvalue weighted by molar-refractivity contribution is -0.137. The van der Waals surface area contributed by atoms with E-state index in [1.54, 1.807) is 6.08 Å². The Morgan fingerprint density at radius 3 is 2.48 bits per heavy atom. The van der Waals surface area contributed by atoms with Crippen LogP contribution in [0.1, 0.15) is 30.9 Å². The molecular weight excluding hydrogens is 288 g/mol. The van der Waals surface area contributed by atoms with Gasteiger partial charge in [0.05, 0.1) is 6.61 Å². The van der Waals surface area contributed by atoms with Gasteiger partial charge in [-0.3, -0.25) is 0 Å². The zero-order valence-electron chi connectivity index (χ0n) is 13.4. The van der Waals surface area contributed by atoms with E-state index in [4.69, 9.17) is 9.47 Å². The van der Waals surface area contributed by atoms with Crippen molar-refractivity contribution in [3.05, 3.63) is 71.8 Å². The number of benzene rings is 2. The van der Waals surface area contributed by atoms with Gasteiger partial charge in [0.25, 0.3) is 0 Å². The molecule has 0 heterocycles. The van der Waals surface area contributed by atoms with Crippen molar-refractivity contribution in [2.75, 3.05) is 6.61 Å². The van der Waals surface area contributed by atoms with Crippen molar-refractivity contribution in [3.63, 3.8) is 0 Å². The molecule has 2 rings (SSSR count). The molecule has 3 heteroatoms. The summed E-state index contributed by atoms with van der Waals surface area (Å²) < 4.78 is 10.8. The van der Waals surface area contributed by atoms with Crippen molar-refractivity contribution < 1.29 is 14.3 Å². The number of hydrogen-bond acceptors (Lipinski definition) is 3. The molecule has 0 atom stereocenters. The molecule has 0 aliphatic heterocycles. The summed E-state index contributed by atoms with van der Waals surface area (Å²) in [5, 5.41) is 0. The topological polar surface area (TPSA) is 35.5 Å². The van der Waals surface area contributed by atoms with Crippen LogP contribution in [0.5, 0.6) is 5.75 Å². The van der Waals surface area contributed by atoms with Gasteiger partial charge in [-0.1, -0.05) is 55.8 Å². The van der Waals surface area contributed by atoms with E-state index in [0.29, 0.717) is 13.2 Å². The van der Waals surface area contributed by atoms with Crippen LogP contribution in [0.25, 0.3) is 6.08 Å². The normalized spacial score (nSPS) is 10.7. The molecule has 0 bridgehead atoms. The van der Waals surface area contributed by atoms with Crippen LogP contribution in [0.3, 0.4) is 0 Å². The van der Waals surface area contributed by atoms with Crippen molar-refractivity contribution in [1.29, 1.82) is 0 Å². The van der Waals surface area contributed by atoms with Gasteiger partial charge in [-0.25, -0.2) is 4.79 Å². The summed E-state index contributed by atoms with van der Waals surface area (Å²) in [6.07, 6.45) is 5.11. The van der Waals surface area contributed by atoms with E-state index < -0.39 is 0 Å². The molecule has 0 N–H and O–H groups in total. The number of ether oxygens (including phenoxy) is 2. The number of carbonyl (C=O) groups is 1. The highest BCUT2D eigenvalue weighted by molar-refractivity contribution is 5.87. The van der Waals surface area contributed by atoms with Gasteiger partial charge >= 0.3 is 5.97 Å². The number of rotatable bonds is 8. The summed E-state index contributed by atoms with van der Waals surface area (Å²) in [6.45, 7) is 3.08. The van der Waals surface area contributed by atoms with Crippen LogP contribution < -0.4 is 4.74 Å². The molecule has 0 aliphatic carbocycles. The Morgan fingerprint density at radius 2 is 1.78 bits per heavy atom. The predicted octanol–water partition coefficient (Wildman–Crippen LogP) is 4.62. The van der Waals surface area contributed by atoms with Crippen molar-refractivity contribution >= 4 is 12.0 Å².